The van der Waals surface area contributed by atoms with Crippen LogP contribution in [-0.2, 0) is 0 Å². The molecule has 4 aromatic rings. The van der Waals surface area contributed by atoms with Crippen molar-refractivity contribution in [2.75, 3.05) is 13.7 Å². The van der Waals surface area contributed by atoms with Gasteiger partial charge in [0.15, 0.2) is 0 Å². The van der Waals surface area contributed by atoms with Crippen molar-refractivity contribution in [3.8, 4) is 34.5 Å². The number of benzene rings is 2. The maximum absolute atomic E-state index is 5.72. The number of hydrogen-bond acceptors (Lipinski definition) is 6. The van der Waals surface area contributed by atoms with Crippen LogP contribution in [0.2, 0.25) is 0 Å². The molecule has 0 aliphatic rings. The molecule has 0 fully saturated rings. The lowest BCUT2D eigenvalue weighted by Gasteiger charge is -2.09. The predicted molar refractivity (Wildman–Crippen MR) is 103 cm³/mol. The minimum atomic E-state index is 0.436. The van der Waals surface area contributed by atoms with Crippen LogP contribution in [0.1, 0.15) is 12.5 Å². The van der Waals surface area contributed by atoms with Gasteiger partial charge in [-0.15, -0.1) is 0 Å². The maximum atomic E-state index is 5.72. The molecule has 6 nitrogen and oxygen atoms in total. The summed E-state index contributed by atoms with van der Waals surface area (Å²) in [6.07, 6.45) is 0. The molecule has 0 saturated heterocycles. The Kier molecular flexibility index (Phi) is 4.46. The van der Waals surface area contributed by atoms with Crippen molar-refractivity contribution < 1.29 is 14.0 Å². The second-order valence-electron chi connectivity index (χ2n) is 6.12. The number of nitrogens with zero attached hydrogens (tertiary/aromatic N) is 3. The molecule has 2 aromatic carbocycles. The zero-order chi connectivity index (χ0) is 18.8. The Balaban J connectivity index is 1.81. The van der Waals surface area contributed by atoms with Gasteiger partial charge in [-0.05, 0) is 50.2 Å². The molecule has 0 bridgehead atoms. The Morgan fingerprint density at radius 3 is 2.56 bits per heavy atom. The van der Waals surface area contributed by atoms with E-state index in [2.05, 4.69) is 15.1 Å². The van der Waals surface area contributed by atoms with Gasteiger partial charge in [0, 0.05) is 10.9 Å². The molecule has 0 spiro atoms. The number of aryl methyl sites for hydroxylation is 1. The quantitative estimate of drug-likeness (QED) is 0.514. The number of rotatable bonds is 5. The predicted octanol–water partition coefficient (Wildman–Crippen LogP) is 4.67. The van der Waals surface area contributed by atoms with Gasteiger partial charge >= 0.3 is 0 Å². The van der Waals surface area contributed by atoms with Crippen LogP contribution in [0.5, 0.6) is 11.6 Å². The molecular weight excluding hydrogens is 342 g/mol. The highest BCUT2D eigenvalue weighted by molar-refractivity contribution is 5.86. The van der Waals surface area contributed by atoms with Crippen molar-refractivity contribution in [2.24, 2.45) is 0 Å². The van der Waals surface area contributed by atoms with E-state index in [0.29, 0.717) is 29.8 Å². The minimum Gasteiger partial charge on any atom is -0.497 e. The zero-order valence-electron chi connectivity index (χ0n) is 15.4. The third-order valence-corrected chi connectivity index (χ3v) is 4.23. The second kappa shape index (κ2) is 7.07. The monoisotopic (exact) mass is 361 g/mol. The van der Waals surface area contributed by atoms with Gasteiger partial charge in [0.05, 0.1) is 24.8 Å². The molecule has 0 saturated carbocycles. The first-order valence-corrected chi connectivity index (χ1v) is 8.70. The standard InChI is InChI=1S/C21H19N3O3/c1-4-26-21-17(12-15-11-16(25-3)9-10-18(15)22-21)19-23-20(27-24-19)14-7-5-13(2)6-8-14/h5-12H,4H2,1-3H3. The largest absolute Gasteiger partial charge is 0.497 e. The van der Waals surface area contributed by atoms with Crippen LogP contribution in [0.3, 0.4) is 0 Å². The van der Waals surface area contributed by atoms with Crippen molar-refractivity contribution in [1.82, 2.24) is 15.1 Å². The maximum Gasteiger partial charge on any atom is 0.258 e. The van der Waals surface area contributed by atoms with Crippen molar-refractivity contribution in [1.29, 1.82) is 0 Å². The molecule has 136 valence electrons. The number of hydrogen-bond donors (Lipinski definition) is 0. The van der Waals surface area contributed by atoms with E-state index in [1.54, 1.807) is 7.11 Å². The summed E-state index contributed by atoms with van der Waals surface area (Å²) in [5.74, 6) is 2.13. The smallest absolute Gasteiger partial charge is 0.258 e. The molecule has 4 rings (SSSR count). The summed E-state index contributed by atoms with van der Waals surface area (Å²) in [4.78, 5) is 9.15. The van der Waals surface area contributed by atoms with E-state index in [9.17, 15) is 0 Å². The lowest BCUT2D eigenvalue weighted by Crippen LogP contribution is -1.98. The molecule has 27 heavy (non-hydrogen) atoms. The SMILES string of the molecule is CCOc1nc2ccc(OC)cc2cc1-c1noc(-c2ccc(C)cc2)n1. The molecule has 0 atom stereocenters. The van der Waals surface area contributed by atoms with Crippen molar-refractivity contribution in [2.45, 2.75) is 13.8 Å². The molecule has 6 heteroatoms. The normalized spacial score (nSPS) is 10.9. The van der Waals surface area contributed by atoms with Crippen molar-refractivity contribution in [3.05, 3.63) is 54.1 Å². The average molecular weight is 361 g/mol. The molecule has 0 amide bonds. The molecule has 0 radical (unpaired) electrons. The number of pyridine rings is 1. The molecule has 0 N–H and O–H groups in total. The highest BCUT2D eigenvalue weighted by atomic mass is 16.5. The highest BCUT2D eigenvalue weighted by Crippen LogP contribution is 2.32. The van der Waals surface area contributed by atoms with Crippen LogP contribution >= 0.6 is 0 Å². The number of fused-ring (bicyclic) bond motifs is 1. The zero-order valence-corrected chi connectivity index (χ0v) is 15.4. The van der Waals surface area contributed by atoms with E-state index in [4.69, 9.17) is 14.0 Å². The molecule has 0 aliphatic carbocycles. The molecule has 0 unspecified atom stereocenters. The van der Waals surface area contributed by atoms with E-state index in [-0.39, 0.29) is 0 Å². The van der Waals surface area contributed by atoms with Crippen LogP contribution in [0.25, 0.3) is 33.7 Å². The van der Waals surface area contributed by atoms with Gasteiger partial charge < -0.3 is 14.0 Å². The van der Waals surface area contributed by atoms with Gasteiger partial charge in [0.25, 0.3) is 5.89 Å². The fraction of sp³-hybridized carbons (Fsp3) is 0.190. The summed E-state index contributed by atoms with van der Waals surface area (Å²) in [6.45, 7) is 4.44. The summed E-state index contributed by atoms with van der Waals surface area (Å²) < 4.78 is 16.5. The number of ether oxygens (including phenoxy) is 2. The summed E-state index contributed by atoms with van der Waals surface area (Å²) in [5.41, 5.74) is 3.53. The summed E-state index contributed by atoms with van der Waals surface area (Å²) in [7, 11) is 1.64. The Bertz CT molecular complexity index is 1090. The van der Waals surface area contributed by atoms with Crippen LogP contribution in [0.4, 0.5) is 0 Å². The van der Waals surface area contributed by atoms with E-state index in [1.807, 2.05) is 62.4 Å². The highest BCUT2D eigenvalue weighted by Gasteiger charge is 2.17. The average Bonchev–Trinajstić information content (AvgIpc) is 3.18. The number of aromatic nitrogens is 3. The van der Waals surface area contributed by atoms with Gasteiger partial charge in [0.2, 0.25) is 11.7 Å². The van der Waals surface area contributed by atoms with Gasteiger partial charge in [-0.1, -0.05) is 22.9 Å². The fourth-order valence-corrected chi connectivity index (χ4v) is 2.82. The third-order valence-electron chi connectivity index (χ3n) is 4.23. The molecular formula is C21H19N3O3. The lowest BCUT2D eigenvalue weighted by atomic mass is 10.1. The summed E-state index contributed by atoms with van der Waals surface area (Å²) in [6, 6.07) is 15.6. The summed E-state index contributed by atoms with van der Waals surface area (Å²) in [5, 5.41) is 5.05. The lowest BCUT2D eigenvalue weighted by molar-refractivity contribution is 0.329. The summed E-state index contributed by atoms with van der Waals surface area (Å²) >= 11 is 0. The van der Waals surface area contributed by atoms with Gasteiger partial charge in [0.1, 0.15) is 5.75 Å². The van der Waals surface area contributed by atoms with Crippen LogP contribution in [0.15, 0.2) is 53.1 Å². The van der Waals surface area contributed by atoms with Crippen LogP contribution < -0.4 is 9.47 Å². The second-order valence-corrected chi connectivity index (χ2v) is 6.12. The van der Waals surface area contributed by atoms with Gasteiger partial charge in [-0.25, -0.2) is 4.98 Å². The Morgan fingerprint density at radius 1 is 1.00 bits per heavy atom. The third kappa shape index (κ3) is 3.33. The van der Waals surface area contributed by atoms with E-state index in [1.165, 1.54) is 5.56 Å². The van der Waals surface area contributed by atoms with Crippen molar-refractivity contribution in [3.63, 3.8) is 0 Å². The molecule has 0 aliphatic heterocycles. The van der Waals surface area contributed by atoms with E-state index < -0.39 is 0 Å². The first-order chi connectivity index (χ1) is 13.2. The topological polar surface area (TPSA) is 70.3 Å². The Hall–Kier alpha value is -3.41. The minimum absolute atomic E-state index is 0.436. The Morgan fingerprint density at radius 2 is 1.81 bits per heavy atom. The van der Waals surface area contributed by atoms with Crippen LogP contribution in [0, 0.1) is 6.92 Å². The van der Waals surface area contributed by atoms with E-state index in [0.717, 1.165) is 22.2 Å². The number of methoxy groups -OCH3 is 1. The van der Waals surface area contributed by atoms with E-state index >= 15 is 0 Å². The van der Waals surface area contributed by atoms with Gasteiger partial charge in [-0.2, -0.15) is 4.98 Å². The first kappa shape index (κ1) is 17.0. The van der Waals surface area contributed by atoms with Crippen molar-refractivity contribution >= 4 is 10.9 Å². The molecule has 2 aromatic heterocycles. The Labute approximate surface area is 156 Å². The fourth-order valence-electron chi connectivity index (χ4n) is 2.82. The first-order valence-electron chi connectivity index (χ1n) is 8.70. The molecule has 2 heterocycles. The van der Waals surface area contributed by atoms with Gasteiger partial charge in [-0.3, -0.25) is 0 Å². The van der Waals surface area contributed by atoms with Crippen LogP contribution in [-0.4, -0.2) is 28.8 Å².